The maximum atomic E-state index is 5.44. The zero-order valence-electron chi connectivity index (χ0n) is 11.2. The highest BCUT2D eigenvalue weighted by molar-refractivity contribution is 5.94. The summed E-state index contributed by atoms with van der Waals surface area (Å²) in [5, 5.41) is 5.46. The van der Waals surface area contributed by atoms with Gasteiger partial charge in [-0.2, -0.15) is 0 Å². The third-order valence-corrected chi connectivity index (χ3v) is 3.47. The molecule has 0 saturated carbocycles. The second-order valence-corrected chi connectivity index (χ2v) is 4.80. The fraction of sp³-hybridized carbons (Fsp3) is 0.125. The standard InChI is InChI=1S/C16H13N3O2/c1-4-17-5-2-11(1)9-19-16-13-8-15-14(20-10-21-15)7-12(13)3-6-18-16/h1-8H,9-10H2,(H,18,19). The van der Waals surface area contributed by atoms with Gasteiger partial charge in [0.1, 0.15) is 5.82 Å². The molecule has 5 nitrogen and oxygen atoms in total. The number of hydrogen-bond acceptors (Lipinski definition) is 5. The fourth-order valence-corrected chi connectivity index (χ4v) is 2.39. The molecular formula is C16H13N3O2. The molecular weight excluding hydrogens is 266 g/mol. The van der Waals surface area contributed by atoms with Gasteiger partial charge < -0.3 is 14.8 Å². The Kier molecular flexibility index (Phi) is 2.81. The molecule has 3 heterocycles. The Bertz CT molecular complexity index is 790. The van der Waals surface area contributed by atoms with Crippen molar-refractivity contribution in [2.45, 2.75) is 6.54 Å². The van der Waals surface area contributed by atoms with Crippen molar-refractivity contribution in [1.82, 2.24) is 9.97 Å². The molecule has 0 saturated heterocycles. The van der Waals surface area contributed by atoms with Gasteiger partial charge in [-0.1, -0.05) is 0 Å². The lowest BCUT2D eigenvalue weighted by atomic mass is 10.1. The molecule has 104 valence electrons. The highest BCUT2D eigenvalue weighted by atomic mass is 16.7. The van der Waals surface area contributed by atoms with Crippen LogP contribution in [0, 0.1) is 0 Å². The quantitative estimate of drug-likeness (QED) is 0.798. The predicted octanol–water partition coefficient (Wildman–Crippen LogP) is 2.97. The number of hydrogen-bond donors (Lipinski definition) is 1. The van der Waals surface area contributed by atoms with Crippen LogP contribution in [0.15, 0.2) is 48.9 Å². The zero-order valence-corrected chi connectivity index (χ0v) is 11.2. The average Bonchev–Trinajstić information content (AvgIpc) is 2.99. The molecule has 0 bridgehead atoms. The first-order valence-corrected chi connectivity index (χ1v) is 6.71. The second kappa shape index (κ2) is 4.94. The van der Waals surface area contributed by atoms with Crippen molar-refractivity contribution in [3.05, 3.63) is 54.5 Å². The Balaban J connectivity index is 1.68. The van der Waals surface area contributed by atoms with Gasteiger partial charge in [-0.25, -0.2) is 4.98 Å². The molecule has 1 N–H and O–H groups in total. The number of fused-ring (bicyclic) bond motifs is 2. The lowest BCUT2D eigenvalue weighted by Gasteiger charge is -2.09. The second-order valence-electron chi connectivity index (χ2n) is 4.80. The van der Waals surface area contributed by atoms with Crippen molar-refractivity contribution in [2.24, 2.45) is 0 Å². The first kappa shape index (κ1) is 12.0. The summed E-state index contributed by atoms with van der Waals surface area (Å²) in [7, 11) is 0. The monoisotopic (exact) mass is 279 g/mol. The Morgan fingerprint density at radius 1 is 1.00 bits per heavy atom. The zero-order chi connectivity index (χ0) is 14.1. The molecule has 0 unspecified atom stereocenters. The van der Waals surface area contributed by atoms with E-state index in [-0.39, 0.29) is 6.79 Å². The highest BCUT2D eigenvalue weighted by Gasteiger charge is 2.15. The van der Waals surface area contributed by atoms with Crippen LogP contribution in [0.3, 0.4) is 0 Å². The topological polar surface area (TPSA) is 56.3 Å². The van der Waals surface area contributed by atoms with Gasteiger partial charge >= 0.3 is 0 Å². The van der Waals surface area contributed by atoms with Crippen LogP contribution in [-0.4, -0.2) is 16.8 Å². The number of aromatic nitrogens is 2. The van der Waals surface area contributed by atoms with Crippen LogP contribution in [0.25, 0.3) is 10.8 Å². The van der Waals surface area contributed by atoms with Crippen LogP contribution < -0.4 is 14.8 Å². The van der Waals surface area contributed by atoms with Gasteiger partial charge in [-0.3, -0.25) is 4.98 Å². The van der Waals surface area contributed by atoms with E-state index in [1.54, 1.807) is 18.6 Å². The van der Waals surface area contributed by atoms with Gasteiger partial charge in [0.25, 0.3) is 0 Å². The summed E-state index contributed by atoms with van der Waals surface area (Å²) >= 11 is 0. The summed E-state index contributed by atoms with van der Waals surface area (Å²) < 4.78 is 10.8. The molecule has 21 heavy (non-hydrogen) atoms. The van der Waals surface area contributed by atoms with Gasteiger partial charge in [0.05, 0.1) is 0 Å². The molecule has 1 aliphatic rings. The Morgan fingerprint density at radius 3 is 2.67 bits per heavy atom. The molecule has 1 aliphatic heterocycles. The molecule has 2 aromatic heterocycles. The van der Waals surface area contributed by atoms with E-state index in [9.17, 15) is 0 Å². The molecule has 0 fully saturated rings. The van der Waals surface area contributed by atoms with Crippen molar-refractivity contribution >= 4 is 16.6 Å². The third-order valence-electron chi connectivity index (χ3n) is 3.47. The van der Waals surface area contributed by atoms with Crippen LogP contribution >= 0.6 is 0 Å². The summed E-state index contributed by atoms with van der Waals surface area (Å²) in [6, 6.07) is 9.88. The maximum Gasteiger partial charge on any atom is 0.231 e. The van der Waals surface area contributed by atoms with E-state index < -0.39 is 0 Å². The lowest BCUT2D eigenvalue weighted by molar-refractivity contribution is 0.174. The van der Waals surface area contributed by atoms with E-state index in [0.717, 1.165) is 33.7 Å². The molecule has 3 aromatic rings. The van der Waals surface area contributed by atoms with Gasteiger partial charge in [0, 0.05) is 30.5 Å². The molecule has 4 rings (SSSR count). The summed E-state index contributed by atoms with van der Waals surface area (Å²) in [6.45, 7) is 0.974. The third kappa shape index (κ3) is 2.23. The van der Waals surface area contributed by atoms with Gasteiger partial charge in [-0.05, 0) is 41.3 Å². The molecule has 0 amide bonds. The molecule has 0 aliphatic carbocycles. The molecule has 0 spiro atoms. The Morgan fingerprint density at radius 2 is 1.81 bits per heavy atom. The molecule has 1 aromatic carbocycles. The normalized spacial score (nSPS) is 12.6. The van der Waals surface area contributed by atoms with Gasteiger partial charge in [0.15, 0.2) is 11.5 Å². The molecule has 0 atom stereocenters. The SMILES string of the molecule is c1cc(CNc2nccc3cc4c(cc23)OCO4)ccn1. The number of nitrogens with one attached hydrogen (secondary N) is 1. The number of ether oxygens (including phenoxy) is 2. The smallest absolute Gasteiger partial charge is 0.231 e. The summed E-state index contributed by atoms with van der Waals surface area (Å²) in [4.78, 5) is 8.44. The highest BCUT2D eigenvalue weighted by Crippen LogP contribution is 2.37. The number of rotatable bonds is 3. The fourth-order valence-electron chi connectivity index (χ4n) is 2.39. The Labute approximate surface area is 121 Å². The van der Waals surface area contributed by atoms with Gasteiger partial charge in [-0.15, -0.1) is 0 Å². The van der Waals surface area contributed by atoms with Crippen molar-refractivity contribution in [3.63, 3.8) is 0 Å². The van der Waals surface area contributed by atoms with Crippen molar-refractivity contribution in [1.29, 1.82) is 0 Å². The Hall–Kier alpha value is -2.82. The molecule has 5 heteroatoms. The number of anilines is 1. The van der Waals surface area contributed by atoms with E-state index in [1.165, 1.54) is 0 Å². The van der Waals surface area contributed by atoms with E-state index >= 15 is 0 Å². The minimum absolute atomic E-state index is 0.277. The van der Waals surface area contributed by atoms with Crippen molar-refractivity contribution in [2.75, 3.05) is 12.1 Å². The van der Waals surface area contributed by atoms with E-state index in [2.05, 4.69) is 15.3 Å². The first-order valence-electron chi connectivity index (χ1n) is 6.71. The molecule has 0 radical (unpaired) electrons. The maximum absolute atomic E-state index is 5.44. The van der Waals surface area contributed by atoms with Crippen molar-refractivity contribution in [3.8, 4) is 11.5 Å². The van der Waals surface area contributed by atoms with E-state index in [0.29, 0.717) is 6.54 Å². The van der Waals surface area contributed by atoms with E-state index in [4.69, 9.17) is 9.47 Å². The number of pyridine rings is 2. The average molecular weight is 279 g/mol. The minimum atomic E-state index is 0.277. The summed E-state index contributed by atoms with van der Waals surface area (Å²) in [5.41, 5.74) is 1.16. The van der Waals surface area contributed by atoms with Crippen LogP contribution in [0.2, 0.25) is 0 Å². The largest absolute Gasteiger partial charge is 0.454 e. The van der Waals surface area contributed by atoms with Crippen LogP contribution in [-0.2, 0) is 6.54 Å². The van der Waals surface area contributed by atoms with Crippen LogP contribution in [0.5, 0.6) is 11.5 Å². The summed E-state index contributed by atoms with van der Waals surface area (Å²) in [6.07, 6.45) is 5.36. The number of benzene rings is 1. The van der Waals surface area contributed by atoms with Gasteiger partial charge in [0.2, 0.25) is 6.79 Å². The number of nitrogens with zero attached hydrogens (tertiary/aromatic N) is 2. The van der Waals surface area contributed by atoms with Crippen LogP contribution in [0.4, 0.5) is 5.82 Å². The first-order chi connectivity index (χ1) is 10.4. The van der Waals surface area contributed by atoms with Crippen molar-refractivity contribution < 1.29 is 9.47 Å². The predicted molar refractivity (Wildman–Crippen MR) is 79.4 cm³/mol. The van der Waals surface area contributed by atoms with E-state index in [1.807, 2.05) is 30.3 Å². The summed E-state index contributed by atoms with van der Waals surface area (Å²) in [5.74, 6) is 2.39. The van der Waals surface area contributed by atoms with Crippen LogP contribution in [0.1, 0.15) is 5.56 Å². The minimum Gasteiger partial charge on any atom is -0.454 e. The lowest BCUT2D eigenvalue weighted by Crippen LogP contribution is -2.01.